The van der Waals surface area contributed by atoms with Gasteiger partial charge in [-0.2, -0.15) is 0 Å². The van der Waals surface area contributed by atoms with Gasteiger partial charge in [0.15, 0.2) is 0 Å². The first-order valence-corrected chi connectivity index (χ1v) is 9.64. The highest BCUT2D eigenvalue weighted by Crippen LogP contribution is 2.29. The fourth-order valence-corrected chi connectivity index (χ4v) is 3.61. The minimum Gasteiger partial charge on any atom is -0.367 e. The molecule has 0 aliphatic carbocycles. The van der Waals surface area contributed by atoms with Crippen LogP contribution in [0.1, 0.15) is 6.92 Å². The van der Waals surface area contributed by atoms with Crippen molar-refractivity contribution in [1.29, 1.82) is 0 Å². The molecule has 1 saturated heterocycles. The number of pyridine rings is 1. The second kappa shape index (κ2) is 7.67. The second-order valence-electron chi connectivity index (χ2n) is 7.29. The Kier molecular flexibility index (Phi) is 5.07. The molecule has 3 heterocycles. The third-order valence-corrected chi connectivity index (χ3v) is 5.32. The lowest BCUT2D eigenvalue weighted by Crippen LogP contribution is -2.44. The Labute approximate surface area is 168 Å². The molecule has 1 N–H and O–H groups in total. The lowest BCUT2D eigenvalue weighted by Gasteiger charge is -2.34. The number of H-pyrrole nitrogens is 1. The third-order valence-electron chi connectivity index (χ3n) is 5.32. The molecule has 1 aliphatic rings. The first kappa shape index (κ1) is 19.1. The van der Waals surface area contributed by atoms with Crippen molar-refractivity contribution in [3.05, 3.63) is 65.4 Å². The molecule has 0 saturated carbocycles. The Morgan fingerprint density at radius 1 is 1.21 bits per heavy atom. The van der Waals surface area contributed by atoms with Crippen LogP contribution in [0.25, 0.3) is 27.5 Å². The van der Waals surface area contributed by atoms with Crippen LogP contribution in [0.2, 0.25) is 0 Å². The van der Waals surface area contributed by atoms with E-state index in [4.69, 9.17) is 0 Å². The average Bonchev–Trinajstić information content (AvgIpc) is 3.05. The minimum atomic E-state index is -0.309. The van der Waals surface area contributed by atoms with Crippen molar-refractivity contribution in [2.45, 2.75) is 6.92 Å². The summed E-state index contributed by atoms with van der Waals surface area (Å²) in [5.74, 6) is -0.309. The first-order chi connectivity index (χ1) is 14.0. The van der Waals surface area contributed by atoms with Gasteiger partial charge in [0.1, 0.15) is 5.82 Å². The van der Waals surface area contributed by atoms with Gasteiger partial charge in [-0.05, 0) is 32.2 Å². The van der Waals surface area contributed by atoms with Crippen molar-refractivity contribution >= 4 is 33.2 Å². The number of aromatic amines is 1. The third kappa shape index (κ3) is 3.49. The first-order valence-electron chi connectivity index (χ1n) is 9.64. The summed E-state index contributed by atoms with van der Waals surface area (Å²) in [5.41, 5.74) is 2.00. The second-order valence-corrected chi connectivity index (χ2v) is 7.29. The smallest absolute Gasteiger partial charge is 0.280 e. The number of hydrogen-bond acceptors (Lipinski definition) is 4. The highest BCUT2D eigenvalue weighted by Gasteiger charge is 2.20. The molecule has 0 spiro atoms. The molecule has 1 aliphatic heterocycles. The monoisotopic (exact) mass is 393 g/mol. The van der Waals surface area contributed by atoms with E-state index in [0.717, 1.165) is 26.2 Å². The molecule has 0 amide bonds. The molecule has 0 atom stereocenters. The van der Waals surface area contributed by atoms with Gasteiger partial charge in [-0.1, -0.05) is 24.8 Å². The number of rotatable bonds is 4. The number of hydrogen-bond donors (Lipinski definition) is 1. The average molecular weight is 393 g/mol. The zero-order valence-electron chi connectivity index (χ0n) is 16.7. The molecule has 7 heteroatoms. The largest absolute Gasteiger partial charge is 0.367 e. The summed E-state index contributed by atoms with van der Waals surface area (Å²) in [4.78, 5) is 21.5. The normalized spacial score (nSPS) is 16.0. The van der Waals surface area contributed by atoms with Crippen LogP contribution in [-0.4, -0.2) is 52.9 Å². The Bertz CT molecular complexity index is 1200. The Hall–Kier alpha value is -3.19. The number of allylic oxidation sites excluding steroid dienone is 5. The van der Waals surface area contributed by atoms with E-state index in [2.05, 4.69) is 28.6 Å². The maximum atomic E-state index is 15.0. The summed E-state index contributed by atoms with van der Waals surface area (Å²) in [5, 5.41) is 4.06. The zero-order chi connectivity index (χ0) is 20.5. The number of nitrogens with zero attached hydrogens (tertiary/aromatic N) is 4. The number of benzene rings is 1. The van der Waals surface area contributed by atoms with Crippen LogP contribution in [0, 0.1) is 5.82 Å². The number of piperazine rings is 1. The van der Waals surface area contributed by atoms with E-state index in [0.29, 0.717) is 33.2 Å². The van der Waals surface area contributed by atoms with Crippen LogP contribution in [-0.2, 0) is 0 Å². The summed E-state index contributed by atoms with van der Waals surface area (Å²) in [7, 11) is 2.06. The van der Waals surface area contributed by atoms with Crippen molar-refractivity contribution < 1.29 is 4.39 Å². The van der Waals surface area contributed by atoms with Crippen molar-refractivity contribution in [3.63, 3.8) is 0 Å². The SMILES string of the molecule is C=C(/C=C\C=C/C)n1[nH]c2c(cnc3cc(N4CCN(C)CC4)c(F)cc32)c1=O. The van der Waals surface area contributed by atoms with Gasteiger partial charge in [-0.15, -0.1) is 0 Å². The quantitative estimate of drug-likeness (QED) is 0.691. The van der Waals surface area contributed by atoms with E-state index in [1.807, 2.05) is 24.0 Å². The number of fused-ring (bicyclic) bond motifs is 3. The summed E-state index contributed by atoms with van der Waals surface area (Å²) in [6.07, 6.45) is 8.82. The lowest BCUT2D eigenvalue weighted by atomic mass is 10.1. The van der Waals surface area contributed by atoms with Gasteiger partial charge in [0.05, 0.1) is 27.8 Å². The maximum Gasteiger partial charge on any atom is 0.280 e. The zero-order valence-corrected chi connectivity index (χ0v) is 16.7. The Balaban J connectivity index is 1.80. The number of anilines is 1. The van der Waals surface area contributed by atoms with Crippen LogP contribution in [0.4, 0.5) is 10.1 Å². The number of likely N-dealkylation sites (N-methyl/N-ethyl adjacent to an activating group) is 1. The van der Waals surface area contributed by atoms with Crippen LogP contribution < -0.4 is 10.5 Å². The fraction of sp³-hybridized carbons (Fsp3) is 0.273. The fourth-order valence-electron chi connectivity index (χ4n) is 3.61. The van der Waals surface area contributed by atoms with Gasteiger partial charge in [-0.25, -0.2) is 9.07 Å². The van der Waals surface area contributed by atoms with E-state index < -0.39 is 0 Å². The van der Waals surface area contributed by atoms with Gasteiger partial charge in [0, 0.05) is 37.8 Å². The van der Waals surface area contributed by atoms with Crippen LogP contribution >= 0.6 is 0 Å². The minimum absolute atomic E-state index is 0.256. The van der Waals surface area contributed by atoms with Crippen molar-refractivity contribution in [1.82, 2.24) is 19.7 Å². The highest BCUT2D eigenvalue weighted by atomic mass is 19.1. The highest BCUT2D eigenvalue weighted by molar-refractivity contribution is 6.04. The van der Waals surface area contributed by atoms with Crippen molar-refractivity contribution in [2.75, 3.05) is 38.1 Å². The van der Waals surface area contributed by atoms with E-state index in [1.54, 1.807) is 24.4 Å². The predicted octanol–water partition coefficient (Wildman–Crippen LogP) is 3.37. The van der Waals surface area contributed by atoms with Crippen molar-refractivity contribution in [3.8, 4) is 0 Å². The molecule has 150 valence electrons. The summed E-state index contributed by atoms with van der Waals surface area (Å²) in [6.45, 7) is 9.17. The molecule has 6 nitrogen and oxygen atoms in total. The molecule has 0 unspecified atom stereocenters. The molecule has 1 fully saturated rings. The summed E-state index contributed by atoms with van der Waals surface area (Å²) < 4.78 is 16.3. The van der Waals surface area contributed by atoms with Crippen LogP contribution in [0.15, 0.2) is 54.0 Å². The van der Waals surface area contributed by atoms with Gasteiger partial charge in [0.2, 0.25) is 0 Å². The maximum absolute atomic E-state index is 15.0. The lowest BCUT2D eigenvalue weighted by molar-refractivity contribution is 0.312. The standard InChI is InChI=1S/C22H24FN5O/c1-4-5-6-7-15(2)28-22(29)17-14-24-19-13-20(27-10-8-26(3)9-11-27)18(23)12-16(19)21(17)25-28/h4-7,12-14,25H,2,8-11H2,1,3H3/b5-4-,7-6-. The van der Waals surface area contributed by atoms with Crippen LogP contribution in [0.5, 0.6) is 0 Å². The predicted molar refractivity (Wildman–Crippen MR) is 117 cm³/mol. The molecule has 4 rings (SSSR count). The molecular weight excluding hydrogens is 369 g/mol. The van der Waals surface area contributed by atoms with Gasteiger partial charge < -0.3 is 9.80 Å². The topological polar surface area (TPSA) is 57.2 Å². The van der Waals surface area contributed by atoms with Gasteiger partial charge in [0.25, 0.3) is 5.56 Å². The molecule has 0 bridgehead atoms. The van der Waals surface area contributed by atoms with Crippen LogP contribution in [0.3, 0.4) is 0 Å². The Morgan fingerprint density at radius 2 is 1.97 bits per heavy atom. The van der Waals surface area contributed by atoms with Gasteiger partial charge in [-0.3, -0.25) is 14.9 Å². The van der Waals surface area contributed by atoms with Gasteiger partial charge >= 0.3 is 0 Å². The number of halogens is 1. The summed E-state index contributed by atoms with van der Waals surface area (Å²) >= 11 is 0. The molecule has 3 aromatic rings. The molecule has 1 aromatic carbocycles. The molecule has 0 radical (unpaired) electrons. The van der Waals surface area contributed by atoms with Crippen molar-refractivity contribution in [2.24, 2.45) is 0 Å². The molecular formula is C22H24FN5O. The number of nitrogens with one attached hydrogen (secondary N) is 1. The number of aromatic nitrogens is 3. The molecule has 29 heavy (non-hydrogen) atoms. The van der Waals surface area contributed by atoms with E-state index in [1.165, 1.54) is 10.7 Å². The van der Waals surface area contributed by atoms with E-state index in [9.17, 15) is 9.18 Å². The van der Waals surface area contributed by atoms with E-state index >= 15 is 0 Å². The molecule has 2 aromatic heterocycles. The van der Waals surface area contributed by atoms with E-state index in [-0.39, 0.29) is 11.4 Å². The summed E-state index contributed by atoms with van der Waals surface area (Å²) in [6, 6.07) is 3.24. The Morgan fingerprint density at radius 3 is 2.69 bits per heavy atom.